The van der Waals surface area contributed by atoms with Crippen LogP contribution in [0.1, 0.15) is 61.8 Å². The van der Waals surface area contributed by atoms with Crippen LogP contribution in [0.15, 0.2) is 0 Å². The Morgan fingerprint density at radius 2 is 1.31 bits per heavy atom. The molecule has 0 heterocycles. The van der Waals surface area contributed by atoms with Crippen LogP contribution >= 0.6 is 0 Å². The van der Waals surface area contributed by atoms with Gasteiger partial charge >= 0.3 is 12.1 Å². The molecule has 0 aliphatic carbocycles. The summed E-state index contributed by atoms with van der Waals surface area (Å²) in [6, 6.07) is 0. The minimum atomic E-state index is -0.635. The van der Waals surface area contributed by atoms with E-state index in [1.165, 1.54) is 6.92 Å². The first kappa shape index (κ1) is 24.2. The Hall–Kier alpha value is -1.79. The summed E-state index contributed by atoms with van der Waals surface area (Å²) < 4.78 is 10.3. The number of alkyl carbamates (subject to hydrolysis) is 1. The van der Waals surface area contributed by atoms with Gasteiger partial charge in [0.1, 0.15) is 13.2 Å². The van der Waals surface area contributed by atoms with E-state index in [4.69, 9.17) is 9.47 Å². The van der Waals surface area contributed by atoms with Crippen molar-refractivity contribution in [3.63, 3.8) is 0 Å². The Kier molecular flexibility index (Phi) is 9.11. The van der Waals surface area contributed by atoms with E-state index in [9.17, 15) is 14.4 Å². The number of carbonyl (C=O) groups is 3. The molecule has 0 saturated heterocycles. The molecule has 7 nitrogen and oxygen atoms in total. The van der Waals surface area contributed by atoms with Crippen molar-refractivity contribution in [1.29, 1.82) is 0 Å². The van der Waals surface area contributed by atoms with Gasteiger partial charge in [0, 0.05) is 6.92 Å². The van der Waals surface area contributed by atoms with E-state index in [1.807, 2.05) is 27.7 Å². The van der Waals surface area contributed by atoms with Gasteiger partial charge in [0.25, 0.3) is 0 Å². The SMILES string of the molecule is CC(=O)NCCOC(=O)NCCOC(=O)C(C)(CC(C)(C)C)C(C)(C)C. The van der Waals surface area contributed by atoms with Crippen molar-refractivity contribution >= 4 is 18.0 Å². The molecule has 1 unspecified atom stereocenters. The molecule has 0 aliphatic rings. The molecule has 152 valence electrons. The number of nitrogens with one attached hydrogen (secondary N) is 2. The lowest BCUT2D eigenvalue weighted by molar-refractivity contribution is -0.164. The molecule has 0 saturated carbocycles. The number of hydrogen-bond donors (Lipinski definition) is 2. The van der Waals surface area contributed by atoms with Crippen LogP contribution in [0.2, 0.25) is 0 Å². The van der Waals surface area contributed by atoms with Crippen molar-refractivity contribution in [1.82, 2.24) is 10.6 Å². The predicted molar refractivity (Wildman–Crippen MR) is 101 cm³/mol. The average molecular weight is 373 g/mol. The van der Waals surface area contributed by atoms with Crippen LogP contribution < -0.4 is 10.6 Å². The molecule has 0 spiro atoms. The maximum Gasteiger partial charge on any atom is 0.407 e. The number of esters is 1. The molecule has 0 aromatic heterocycles. The summed E-state index contributed by atoms with van der Waals surface area (Å²) in [4.78, 5) is 34.9. The lowest BCUT2D eigenvalue weighted by Gasteiger charge is -2.43. The zero-order valence-corrected chi connectivity index (χ0v) is 17.6. The van der Waals surface area contributed by atoms with Crippen LogP contribution in [-0.2, 0) is 19.1 Å². The minimum absolute atomic E-state index is 0.0169. The van der Waals surface area contributed by atoms with E-state index in [-0.39, 0.29) is 49.0 Å². The molecule has 0 fully saturated rings. The van der Waals surface area contributed by atoms with Gasteiger partial charge in [-0.25, -0.2) is 4.79 Å². The van der Waals surface area contributed by atoms with Gasteiger partial charge in [-0.15, -0.1) is 0 Å². The standard InChI is InChI=1S/C19H36N2O5/c1-14(22)20-9-12-26-16(24)21-10-11-25-15(23)19(8,18(5,6)7)13-17(2,3)4/h9-13H2,1-8H3,(H,20,22)(H,21,24). The third-order valence-electron chi connectivity index (χ3n) is 4.30. The number of hydrogen-bond acceptors (Lipinski definition) is 5. The van der Waals surface area contributed by atoms with Gasteiger partial charge < -0.3 is 20.1 Å². The molecule has 0 radical (unpaired) electrons. The fourth-order valence-corrected chi connectivity index (χ4v) is 2.58. The van der Waals surface area contributed by atoms with Crippen molar-refractivity contribution in [2.75, 3.05) is 26.3 Å². The van der Waals surface area contributed by atoms with E-state index < -0.39 is 11.5 Å². The monoisotopic (exact) mass is 372 g/mol. The summed E-state index contributed by atoms with van der Waals surface area (Å²) in [5.74, 6) is -0.446. The number of ether oxygens (including phenoxy) is 2. The summed E-state index contributed by atoms with van der Waals surface area (Å²) >= 11 is 0. The maximum absolute atomic E-state index is 12.7. The van der Waals surface area contributed by atoms with Gasteiger partial charge in [-0.1, -0.05) is 41.5 Å². The van der Waals surface area contributed by atoms with Crippen molar-refractivity contribution in [2.45, 2.75) is 61.8 Å². The Morgan fingerprint density at radius 1 is 0.808 bits per heavy atom. The first-order chi connectivity index (χ1) is 11.7. The molecule has 1 atom stereocenters. The highest BCUT2D eigenvalue weighted by atomic mass is 16.6. The van der Waals surface area contributed by atoms with Gasteiger partial charge in [-0.3, -0.25) is 9.59 Å². The molecule has 0 aromatic rings. The molecular weight excluding hydrogens is 336 g/mol. The lowest BCUT2D eigenvalue weighted by Crippen LogP contribution is -2.45. The summed E-state index contributed by atoms with van der Waals surface area (Å²) in [5, 5.41) is 5.03. The van der Waals surface area contributed by atoms with Crippen LogP contribution in [-0.4, -0.2) is 44.3 Å². The second-order valence-corrected chi connectivity index (χ2v) is 9.00. The van der Waals surface area contributed by atoms with Crippen molar-refractivity contribution in [3.05, 3.63) is 0 Å². The largest absolute Gasteiger partial charge is 0.463 e. The van der Waals surface area contributed by atoms with Gasteiger partial charge in [0.15, 0.2) is 0 Å². The lowest BCUT2D eigenvalue weighted by atomic mass is 9.61. The van der Waals surface area contributed by atoms with Crippen molar-refractivity contribution < 1.29 is 23.9 Å². The molecule has 0 bridgehead atoms. The predicted octanol–water partition coefficient (Wildman–Crippen LogP) is 2.88. The highest BCUT2D eigenvalue weighted by molar-refractivity contribution is 5.77. The topological polar surface area (TPSA) is 93.7 Å². The molecule has 0 aromatic carbocycles. The van der Waals surface area contributed by atoms with Crippen LogP contribution in [0.3, 0.4) is 0 Å². The second kappa shape index (κ2) is 9.78. The third kappa shape index (κ3) is 9.06. The molecule has 2 N–H and O–H groups in total. The van der Waals surface area contributed by atoms with Gasteiger partial charge in [0.05, 0.1) is 18.5 Å². The fraction of sp³-hybridized carbons (Fsp3) is 0.842. The van der Waals surface area contributed by atoms with E-state index >= 15 is 0 Å². The van der Waals surface area contributed by atoms with Gasteiger partial charge in [-0.05, 0) is 24.2 Å². The molecule has 7 heteroatoms. The van der Waals surface area contributed by atoms with Crippen molar-refractivity contribution in [3.8, 4) is 0 Å². The van der Waals surface area contributed by atoms with Crippen LogP contribution in [0.4, 0.5) is 4.79 Å². The zero-order valence-electron chi connectivity index (χ0n) is 17.6. The van der Waals surface area contributed by atoms with E-state index in [1.54, 1.807) is 0 Å². The normalized spacial score (nSPS) is 14.2. The maximum atomic E-state index is 12.7. The summed E-state index contributed by atoms with van der Waals surface area (Å²) in [5.41, 5.74) is -0.908. The quantitative estimate of drug-likeness (QED) is 0.505. The molecule has 0 aliphatic heterocycles. The highest BCUT2D eigenvalue weighted by Gasteiger charge is 2.47. The fourth-order valence-electron chi connectivity index (χ4n) is 2.58. The second-order valence-electron chi connectivity index (χ2n) is 9.00. The first-order valence-electron chi connectivity index (χ1n) is 9.01. The molecular formula is C19H36N2O5. The zero-order chi connectivity index (χ0) is 20.6. The Labute approximate surface area is 157 Å². The third-order valence-corrected chi connectivity index (χ3v) is 4.30. The van der Waals surface area contributed by atoms with Crippen molar-refractivity contribution in [2.24, 2.45) is 16.2 Å². The molecule has 26 heavy (non-hydrogen) atoms. The van der Waals surface area contributed by atoms with E-state index in [0.29, 0.717) is 6.42 Å². The highest BCUT2D eigenvalue weighted by Crippen LogP contribution is 2.47. The molecule has 2 amide bonds. The summed E-state index contributed by atoms with van der Waals surface area (Å²) in [7, 11) is 0. The Morgan fingerprint density at radius 3 is 1.77 bits per heavy atom. The Bertz CT molecular complexity index is 491. The summed E-state index contributed by atoms with van der Waals surface area (Å²) in [6.45, 7) is 16.3. The Balaban J connectivity index is 4.37. The van der Waals surface area contributed by atoms with E-state index in [2.05, 4.69) is 31.4 Å². The smallest absolute Gasteiger partial charge is 0.407 e. The average Bonchev–Trinajstić information content (AvgIpc) is 2.44. The number of carbonyl (C=O) groups excluding carboxylic acids is 3. The van der Waals surface area contributed by atoms with Crippen LogP contribution in [0.5, 0.6) is 0 Å². The summed E-state index contributed by atoms with van der Waals surface area (Å²) in [6.07, 6.45) is 0.0840. The molecule has 0 rings (SSSR count). The number of amides is 2. The first-order valence-corrected chi connectivity index (χ1v) is 9.01. The van der Waals surface area contributed by atoms with Crippen LogP contribution in [0.25, 0.3) is 0 Å². The van der Waals surface area contributed by atoms with Gasteiger partial charge in [0.2, 0.25) is 5.91 Å². The van der Waals surface area contributed by atoms with Crippen LogP contribution in [0, 0.1) is 16.2 Å². The van der Waals surface area contributed by atoms with E-state index in [0.717, 1.165) is 0 Å². The minimum Gasteiger partial charge on any atom is -0.463 e. The van der Waals surface area contributed by atoms with Gasteiger partial charge in [-0.2, -0.15) is 0 Å². The number of rotatable bonds is 8.